The van der Waals surface area contributed by atoms with Crippen LogP contribution in [0.3, 0.4) is 0 Å². The molecule has 2 aromatic rings. The van der Waals surface area contributed by atoms with E-state index >= 15 is 0 Å². The summed E-state index contributed by atoms with van der Waals surface area (Å²) in [5.41, 5.74) is 5.64. The lowest BCUT2D eigenvalue weighted by molar-refractivity contribution is 0.0725. The maximum Gasteiger partial charge on any atom is 0.104 e. The first kappa shape index (κ1) is 20.2. The summed E-state index contributed by atoms with van der Waals surface area (Å²) in [6.45, 7) is 7.85. The van der Waals surface area contributed by atoms with Crippen molar-refractivity contribution in [1.82, 2.24) is 4.98 Å². The number of nitrogens with one attached hydrogen (secondary N) is 1. The van der Waals surface area contributed by atoms with Gasteiger partial charge in [0.15, 0.2) is 0 Å². The fourth-order valence-corrected chi connectivity index (χ4v) is 3.04. The maximum atomic E-state index is 10.1. The van der Waals surface area contributed by atoms with Gasteiger partial charge in [-0.05, 0) is 64.2 Å². The lowest BCUT2D eigenvalue weighted by atomic mass is 10.0. The number of allylic oxidation sites excluding steroid dienone is 4. The van der Waals surface area contributed by atoms with Gasteiger partial charge < -0.3 is 15.2 Å². The second kappa shape index (κ2) is 9.56. The highest BCUT2D eigenvalue weighted by Crippen LogP contribution is 2.19. The SMILES string of the molecule is CC(C)=C[C@H](O)[C@@H](O)/C(C)=C/CC/C(C)=C/Cc1c[nH]c2ccccc12. The average molecular weight is 354 g/mol. The summed E-state index contributed by atoms with van der Waals surface area (Å²) < 4.78 is 0. The molecule has 3 heteroatoms. The second-order valence-corrected chi connectivity index (χ2v) is 7.28. The van der Waals surface area contributed by atoms with E-state index in [1.165, 1.54) is 22.0 Å². The van der Waals surface area contributed by atoms with E-state index in [-0.39, 0.29) is 0 Å². The van der Waals surface area contributed by atoms with E-state index < -0.39 is 12.2 Å². The molecule has 3 N–H and O–H groups in total. The van der Waals surface area contributed by atoms with Gasteiger partial charge in [0.25, 0.3) is 0 Å². The van der Waals surface area contributed by atoms with Gasteiger partial charge in [0.05, 0.1) is 0 Å². The molecule has 26 heavy (non-hydrogen) atoms. The molecule has 2 rings (SSSR count). The van der Waals surface area contributed by atoms with Crippen molar-refractivity contribution in [3.63, 3.8) is 0 Å². The Morgan fingerprint density at radius 1 is 1.08 bits per heavy atom. The molecule has 1 aromatic heterocycles. The molecule has 0 aliphatic rings. The van der Waals surface area contributed by atoms with Crippen LogP contribution in [-0.2, 0) is 6.42 Å². The number of aromatic amines is 1. The highest BCUT2D eigenvalue weighted by Gasteiger charge is 2.14. The number of hydrogen-bond acceptors (Lipinski definition) is 2. The summed E-state index contributed by atoms with van der Waals surface area (Å²) in [7, 11) is 0. The summed E-state index contributed by atoms with van der Waals surface area (Å²) in [4.78, 5) is 3.31. The zero-order chi connectivity index (χ0) is 19.1. The summed E-state index contributed by atoms with van der Waals surface area (Å²) in [5.74, 6) is 0. The number of benzene rings is 1. The highest BCUT2D eigenvalue weighted by atomic mass is 16.3. The molecule has 0 saturated heterocycles. The maximum absolute atomic E-state index is 10.1. The lowest BCUT2D eigenvalue weighted by Gasteiger charge is -2.16. The molecule has 0 aliphatic carbocycles. The van der Waals surface area contributed by atoms with E-state index in [0.717, 1.165) is 30.4 Å². The zero-order valence-electron chi connectivity index (χ0n) is 16.3. The van der Waals surface area contributed by atoms with Crippen molar-refractivity contribution in [2.75, 3.05) is 0 Å². The Morgan fingerprint density at radius 2 is 1.81 bits per heavy atom. The van der Waals surface area contributed by atoms with E-state index in [1.54, 1.807) is 6.08 Å². The molecule has 0 aliphatic heterocycles. The van der Waals surface area contributed by atoms with Crippen molar-refractivity contribution >= 4 is 10.9 Å². The Balaban J connectivity index is 1.88. The fraction of sp³-hybridized carbons (Fsp3) is 0.391. The topological polar surface area (TPSA) is 56.2 Å². The molecule has 0 unspecified atom stereocenters. The highest BCUT2D eigenvalue weighted by molar-refractivity contribution is 5.83. The van der Waals surface area contributed by atoms with Crippen molar-refractivity contribution in [3.8, 4) is 0 Å². The van der Waals surface area contributed by atoms with Crippen molar-refractivity contribution in [2.24, 2.45) is 0 Å². The number of rotatable bonds is 8. The molecule has 2 atom stereocenters. The molecule has 3 nitrogen and oxygen atoms in total. The Bertz CT molecular complexity index is 806. The van der Waals surface area contributed by atoms with Crippen molar-refractivity contribution < 1.29 is 10.2 Å². The van der Waals surface area contributed by atoms with Crippen LogP contribution in [-0.4, -0.2) is 27.4 Å². The van der Waals surface area contributed by atoms with Crippen LogP contribution in [0.5, 0.6) is 0 Å². The van der Waals surface area contributed by atoms with Crippen LogP contribution in [0.15, 0.2) is 65.4 Å². The van der Waals surface area contributed by atoms with Gasteiger partial charge >= 0.3 is 0 Å². The first-order valence-corrected chi connectivity index (χ1v) is 9.27. The van der Waals surface area contributed by atoms with Gasteiger partial charge in [-0.15, -0.1) is 0 Å². The number of hydrogen-bond donors (Lipinski definition) is 3. The van der Waals surface area contributed by atoms with Crippen LogP contribution in [0.25, 0.3) is 10.9 Å². The standard InChI is InChI=1S/C23H31NO2/c1-16(2)14-22(25)23(26)18(4)9-7-8-17(3)12-13-19-15-24-21-11-6-5-10-20(19)21/h5-6,9-12,14-15,22-26H,7-8,13H2,1-4H3/b17-12+,18-9+/t22-,23-/m0/s1. The van der Waals surface area contributed by atoms with Crippen LogP contribution >= 0.6 is 0 Å². The van der Waals surface area contributed by atoms with Crippen molar-refractivity contribution in [3.05, 3.63) is 71.0 Å². The number of H-pyrrole nitrogens is 1. The molecular formula is C23H31NO2. The molecule has 0 saturated carbocycles. The molecule has 1 aromatic carbocycles. The third-order valence-corrected chi connectivity index (χ3v) is 4.64. The van der Waals surface area contributed by atoms with Gasteiger partial charge in [-0.3, -0.25) is 0 Å². The van der Waals surface area contributed by atoms with Crippen LogP contribution < -0.4 is 0 Å². The molecule has 0 fully saturated rings. The van der Waals surface area contributed by atoms with Crippen LogP contribution in [0.2, 0.25) is 0 Å². The number of fused-ring (bicyclic) bond motifs is 1. The Morgan fingerprint density at radius 3 is 2.54 bits per heavy atom. The number of aromatic nitrogens is 1. The first-order chi connectivity index (χ1) is 12.4. The predicted octanol–water partition coefficient (Wildman–Crippen LogP) is 5.07. The molecule has 140 valence electrons. The van der Waals surface area contributed by atoms with Gasteiger partial charge in [0, 0.05) is 17.1 Å². The minimum atomic E-state index is -0.838. The summed E-state index contributed by atoms with van der Waals surface area (Å²) >= 11 is 0. The molecule has 0 amide bonds. The Hall–Kier alpha value is -2.10. The molecule has 0 bridgehead atoms. The molecular weight excluding hydrogens is 322 g/mol. The van der Waals surface area contributed by atoms with Crippen LogP contribution in [0.1, 0.15) is 46.1 Å². The normalized spacial score (nSPS) is 15.2. The minimum absolute atomic E-state index is 0.819. The molecule has 1 heterocycles. The Labute approximate surface area is 156 Å². The third-order valence-electron chi connectivity index (χ3n) is 4.64. The van der Waals surface area contributed by atoms with E-state index in [9.17, 15) is 10.2 Å². The van der Waals surface area contributed by atoms with Crippen LogP contribution in [0, 0.1) is 0 Å². The molecule has 0 radical (unpaired) electrons. The van der Waals surface area contributed by atoms with Crippen molar-refractivity contribution in [2.45, 2.75) is 59.2 Å². The van der Waals surface area contributed by atoms with Gasteiger partial charge in [0.1, 0.15) is 12.2 Å². The summed E-state index contributed by atoms with van der Waals surface area (Å²) in [6.07, 6.45) is 9.12. The second-order valence-electron chi connectivity index (χ2n) is 7.28. The smallest absolute Gasteiger partial charge is 0.104 e. The van der Waals surface area contributed by atoms with Gasteiger partial charge in [0.2, 0.25) is 0 Å². The van der Waals surface area contributed by atoms with Crippen molar-refractivity contribution in [1.29, 1.82) is 0 Å². The monoisotopic (exact) mass is 353 g/mol. The third kappa shape index (κ3) is 5.72. The largest absolute Gasteiger partial charge is 0.386 e. The summed E-state index contributed by atoms with van der Waals surface area (Å²) in [5, 5.41) is 21.4. The summed E-state index contributed by atoms with van der Waals surface area (Å²) in [6, 6.07) is 8.35. The lowest BCUT2D eigenvalue weighted by Crippen LogP contribution is -2.25. The number of para-hydroxylation sites is 1. The first-order valence-electron chi connectivity index (χ1n) is 9.27. The van der Waals surface area contributed by atoms with E-state index in [4.69, 9.17) is 0 Å². The average Bonchev–Trinajstić information content (AvgIpc) is 3.01. The van der Waals surface area contributed by atoms with Gasteiger partial charge in [-0.1, -0.05) is 47.6 Å². The predicted molar refractivity (Wildman–Crippen MR) is 110 cm³/mol. The fourth-order valence-electron chi connectivity index (χ4n) is 3.04. The Kier molecular flexibility index (Phi) is 7.43. The van der Waals surface area contributed by atoms with Gasteiger partial charge in [-0.25, -0.2) is 0 Å². The van der Waals surface area contributed by atoms with E-state index in [1.807, 2.05) is 32.9 Å². The zero-order valence-corrected chi connectivity index (χ0v) is 16.3. The van der Waals surface area contributed by atoms with Crippen LogP contribution in [0.4, 0.5) is 0 Å². The van der Waals surface area contributed by atoms with Gasteiger partial charge in [-0.2, -0.15) is 0 Å². The molecule has 0 spiro atoms. The quantitative estimate of drug-likeness (QED) is 0.580. The van der Waals surface area contributed by atoms with E-state index in [0.29, 0.717) is 0 Å². The number of aliphatic hydroxyl groups is 2. The van der Waals surface area contributed by atoms with E-state index in [2.05, 4.69) is 42.4 Å². The number of aliphatic hydroxyl groups excluding tert-OH is 2. The minimum Gasteiger partial charge on any atom is -0.386 e.